The summed E-state index contributed by atoms with van der Waals surface area (Å²) in [4.78, 5) is 16.1. The summed E-state index contributed by atoms with van der Waals surface area (Å²) in [6.45, 7) is 0. The van der Waals surface area contributed by atoms with Crippen LogP contribution in [0.2, 0.25) is 0 Å². The van der Waals surface area contributed by atoms with E-state index in [2.05, 4.69) is 4.98 Å². The first-order chi connectivity index (χ1) is 7.27. The number of amides is 1. The molecule has 0 aliphatic carbocycles. The maximum atomic E-state index is 11.1. The van der Waals surface area contributed by atoms with Crippen LogP contribution in [0.15, 0.2) is 45.1 Å². The summed E-state index contributed by atoms with van der Waals surface area (Å²) in [5, 5.41) is 1.90. The van der Waals surface area contributed by atoms with Gasteiger partial charge in [-0.15, -0.1) is 11.3 Å². The Morgan fingerprint density at radius 2 is 2.20 bits per heavy atom. The fourth-order valence-corrected chi connectivity index (χ4v) is 2.83. The molecule has 3 nitrogen and oxygen atoms in total. The van der Waals surface area contributed by atoms with E-state index < -0.39 is 5.91 Å². The van der Waals surface area contributed by atoms with E-state index in [1.807, 2.05) is 17.5 Å². The van der Waals surface area contributed by atoms with E-state index >= 15 is 0 Å². The second-order valence-corrected chi connectivity index (χ2v) is 4.94. The molecule has 0 aliphatic rings. The van der Waals surface area contributed by atoms with Gasteiger partial charge in [-0.2, -0.15) is 0 Å². The van der Waals surface area contributed by atoms with Crippen molar-refractivity contribution in [2.75, 3.05) is 0 Å². The SMILES string of the molecule is NC(=O)c1ccccc1Sc1nccs1. The van der Waals surface area contributed by atoms with Crippen LogP contribution in [0.3, 0.4) is 0 Å². The Hall–Kier alpha value is -1.33. The minimum absolute atomic E-state index is 0.408. The zero-order valence-corrected chi connectivity index (χ0v) is 9.35. The van der Waals surface area contributed by atoms with Gasteiger partial charge in [-0.1, -0.05) is 23.9 Å². The Bertz CT molecular complexity index is 468. The fourth-order valence-electron chi connectivity index (χ4n) is 1.11. The van der Waals surface area contributed by atoms with Gasteiger partial charge in [0.25, 0.3) is 0 Å². The van der Waals surface area contributed by atoms with Gasteiger partial charge in [0.1, 0.15) is 0 Å². The van der Waals surface area contributed by atoms with Crippen molar-refractivity contribution in [2.45, 2.75) is 9.24 Å². The van der Waals surface area contributed by atoms with Gasteiger partial charge in [0.15, 0.2) is 4.34 Å². The first kappa shape index (κ1) is 10.2. The molecular formula is C10H8N2OS2. The molecule has 1 aromatic carbocycles. The van der Waals surface area contributed by atoms with Gasteiger partial charge in [0.2, 0.25) is 5.91 Å². The van der Waals surface area contributed by atoms with E-state index in [0.29, 0.717) is 5.56 Å². The normalized spacial score (nSPS) is 10.1. The van der Waals surface area contributed by atoms with E-state index in [9.17, 15) is 4.79 Å². The number of primary amides is 1. The topological polar surface area (TPSA) is 56.0 Å². The van der Waals surface area contributed by atoms with Crippen LogP contribution in [0.25, 0.3) is 0 Å². The Kier molecular flexibility index (Phi) is 3.03. The van der Waals surface area contributed by atoms with E-state index in [1.54, 1.807) is 18.3 Å². The van der Waals surface area contributed by atoms with Crippen LogP contribution >= 0.6 is 23.1 Å². The molecule has 0 radical (unpaired) electrons. The highest BCUT2D eigenvalue weighted by Gasteiger charge is 2.09. The molecule has 2 N–H and O–H groups in total. The van der Waals surface area contributed by atoms with Crippen molar-refractivity contribution in [3.05, 3.63) is 41.4 Å². The van der Waals surface area contributed by atoms with E-state index in [1.165, 1.54) is 23.1 Å². The average Bonchev–Trinajstić information content (AvgIpc) is 2.71. The first-order valence-corrected chi connectivity index (χ1v) is 5.93. The number of hydrogen-bond donors (Lipinski definition) is 1. The lowest BCUT2D eigenvalue weighted by atomic mass is 10.2. The van der Waals surface area contributed by atoms with Crippen LogP contribution in [0.5, 0.6) is 0 Å². The molecule has 0 aliphatic heterocycles. The maximum Gasteiger partial charge on any atom is 0.249 e. The second kappa shape index (κ2) is 4.46. The summed E-state index contributed by atoms with van der Waals surface area (Å²) >= 11 is 2.99. The Morgan fingerprint density at radius 3 is 2.87 bits per heavy atom. The molecule has 1 heterocycles. The van der Waals surface area contributed by atoms with Crippen molar-refractivity contribution < 1.29 is 4.79 Å². The predicted octanol–water partition coefficient (Wildman–Crippen LogP) is 2.39. The summed E-state index contributed by atoms with van der Waals surface area (Å²) in [5.74, 6) is -0.408. The number of rotatable bonds is 3. The Labute approximate surface area is 95.3 Å². The highest BCUT2D eigenvalue weighted by Crippen LogP contribution is 2.31. The van der Waals surface area contributed by atoms with E-state index in [0.717, 1.165) is 9.24 Å². The fraction of sp³-hybridized carbons (Fsp3) is 0. The third-order valence-electron chi connectivity index (χ3n) is 1.76. The maximum absolute atomic E-state index is 11.1. The molecule has 1 amide bonds. The lowest BCUT2D eigenvalue weighted by molar-refractivity contribution is 0.0997. The van der Waals surface area contributed by atoms with E-state index in [-0.39, 0.29) is 0 Å². The average molecular weight is 236 g/mol. The first-order valence-electron chi connectivity index (χ1n) is 4.23. The van der Waals surface area contributed by atoms with Crippen LogP contribution in [0, 0.1) is 0 Å². The van der Waals surface area contributed by atoms with Crippen molar-refractivity contribution in [1.29, 1.82) is 0 Å². The molecule has 2 aromatic rings. The predicted molar refractivity (Wildman–Crippen MR) is 61.2 cm³/mol. The summed E-state index contributed by atoms with van der Waals surface area (Å²) in [6.07, 6.45) is 1.74. The zero-order chi connectivity index (χ0) is 10.7. The molecule has 0 saturated heterocycles. The lowest BCUT2D eigenvalue weighted by Crippen LogP contribution is -2.11. The quantitative estimate of drug-likeness (QED) is 0.890. The van der Waals surface area contributed by atoms with Crippen molar-refractivity contribution in [2.24, 2.45) is 5.73 Å². The van der Waals surface area contributed by atoms with Gasteiger partial charge < -0.3 is 5.73 Å². The monoisotopic (exact) mass is 236 g/mol. The minimum Gasteiger partial charge on any atom is -0.366 e. The summed E-state index contributed by atoms with van der Waals surface area (Å²) < 4.78 is 0.906. The van der Waals surface area contributed by atoms with Crippen molar-refractivity contribution in [3.63, 3.8) is 0 Å². The molecule has 0 bridgehead atoms. The number of nitrogens with two attached hydrogens (primary N) is 1. The van der Waals surface area contributed by atoms with Crippen molar-refractivity contribution in [3.8, 4) is 0 Å². The number of carbonyl (C=O) groups is 1. The van der Waals surface area contributed by atoms with Gasteiger partial charge >= 0.3 is 0 Å². The molecule has 5 heteroatoms. The lowest BCUT2D eigenvalue weighted by Gasteiger charge is -2.02. The highest BCUT2D eigenvalue weighted by atomic mass is 32.2. The number of aromatic nitrogens is 1. The number of benzene rings is 1. The number of thiazole rings is 1. The third kappa shape index (κ3) is 2.37. The van der Waals surface area contributed by atoms with E-state index in [4.69, 9.17) is 5.73 Å². The molecule has 0 spiro atoms. The van der Waals surface area contributed by atoms with Crippen molar-refractivity contribution in [1.82, 2.24) is 4.98 Å². The molecule has 76 valence electrons. The number of nitrogens with zero attached hydrogens (tertiary/aromatic N) is 1. The highest BCUT2D eigenvalue weighted by molar-refractivity contribution is 8.01. The van der Waals surface area contributed by atoms with Crippen LogP contribution in [-0.2, 0) is 0 Å². The molecule has 0 unspecified atom stereocenters. The standard InChI is InChI=1S/C10H8N2OS2/c11-9(13)7-3-1-2-4-8(7)15-10-12-5-6-14-10/h1-6H,(H2,11,13). The van der Waals surface area contributed by atoms with Crippen molar-refractivity contribution >= 4 is 29.0 Å². The number of carbonyl (C=O) groups excluding carboxylic acids is 1. The van der Waals surface area contributed by atoms with Crippen LogP contribution in [-0.4, -0.2) is 10.9 Å². The van der Waals surface area contributed by atoms with Gasteiger partial charge in [-0.25, -0.2) is 4.98 Å². The second-order valence-electron chi connectivity index (χ2n) is 2.76. The van der Waals surface area contributed by atoms with Gasteiger partial charge in [-0.3, -0.25) is 4.79 Å². The molecule has 15 heavy (non-hydrogen) atoms. The summed E-state index contributed by atoms with van der Waals surface area (Å²) in [6, 6.07) is 7.26. The van der Waals surface area contributed by atoms with Gasteiger partial charge in [-0.05, 0) is 12.1 Å². The van der Waals surface area contributed by atoms with Gasteiger partial charge in [0.05, 0.1) is 5.56 Å². The molecule has 2 rings (SSSR count). The number of hydrogen-bond acceptors (Lipinski definition) is 4. The van der Waals surface area contributed by atoms with Crippen LogP contribution in [0.4, 0.5) is 0 Å². The van der Waals surface area contributed by atoms with Gasteiger partial charge in [0, 0.05) is 16.5 Å². The molecule has 0 fully saturated rings. The van der Waals surface area contributed by atoms with Crippen LogP contribution in [0.1, 0.15) is 10.4 Å². The summed E-state index contributed by atoms with van der Waals surface area (Å²) in [5.41, 5.74) is 5.81. The molecular weight excluding hydrogens is 228 g/mol. The summed E-state index contributed by atoms with van der Waals surface area (Å²) in [7, 11) is 0. The Morgan fingerprint density at radius 1 is 1.40 bits per heavy atom. The molecule has 1 aromatic heterocycles. The zero-order valence-electron chi connectivity index (χ0n) is 7.71. The van der Waals surface area contributed by atoms with Crippen LogP contribution < -0.4 is 5.73 Å². The third-order valence-corrected chi connectivity index (χ3v) is 3.72. The Balaban J connectivity index is 2.32. The minimum atomic E-state index is -0.408. The smallest absolute Gasteiger partial charge is 0.249 e. The largest absolute Gasteiger partial charge is 0.366 e. The molecule has 0 saturated carbocycles. The molecule has 0 atom stereocenters.